The molecule has 18 heavy (non-hydrogen) atoms. The van der Waals surface area contributed by atoms with Crippen LogP contribution >= 0.6 is 0 Å². The van der Waals surface area contributed by atoms with Crippen molar-refractivity contribution in [3.05, 3.63) is 0 Å². The maximum absolute atomic E-state index is 11.0. The lowest BCUT2D eigenvalue weighted by molar-refractivity contribution is 0.113. The molecule has 4 nitrogen and oxygen atoms in total. The third-order valence-electron chi connectivity index (χ3n) is 4.44. The van der Waals surface area contributed by atoms with E-state index in [2.05, 4.69) is 4.90 Å². The summed E-state index contributed by atoms with van der Waals surface area (Å²) in [5.41, 5.74) is 0. The van der Waals surface area contributed by atoms with Crippen molar-refractivity contribution in [2.24, 2.45) is 0 Å². The van der Waals surface area contributed by atoms with Gasteiger partial charge in [-0.1, -0.05) is 32.1 Å². The lowest BCUT2D eigenvalue weighted by atomic mass is 9.93. The molecule has 0 saturated heterocycles. The zero-order valence-electron chi connectivity index (χ0n) is 11.1. The van der Waals surface area contributed by atoms with Gasteiger partial charge in [0.05, 0.1) is 5.75 Å². The van der Waals surface area contributed by atoms with Gasteiger partial charge in [-0.15, -0.1) is 0 Å². The average Bonchev–Trinajstić information content (AvgIpc) is 2.83. The molecule has 106 valence electrons. The smallest absolute Gasteiger partial charge is 0.266 e. The first kappa shape index (κ1) is 14.3. The van der Waals surface area contributed by atoms with Crippen LogP contribution in [0.15, 0.2) is 0 Å². The summed E-state index contributed by atoms with van der Waals surface area (Å²) in [6.45, 7) is 0.508. The number of hydrogen-bond acceptors (Lipinski definition) is 3. The molecule has 0 atom stereocenters. The molecule has 0 bridgehead atoms. The Morgan fingerprint density at radius 2 is 1.33 bits per heavy atom. The molecule has 2 fully saturated rings. The quantitative estimate of drug-likeness (QED) is 0.783. The molecule has 0 aliphatic heterocycles. The summed E-state index contributed by atoms with van der Waals surface area (Å²) in [5.74, 6) is -0.111. The van der Waals surface area contributed by atoms with E-state index in [9.17, 15) is 8.42 Å². The molecule has 0 aromatic rings. The summed E-state index contributed by atoms with van der Waals surface area (Å²) in [6.07, 6.45) is 11.2. The molecule has 0 radical (unpaired) electrons. The van der Waals surface area contributed by atoms with Gasteiger partial charge in [0.25, 0.3) is 10.1 Å². The van der Waals surface area contributed by atoms with Crippen LogP contribution in [0.5, 0.6) is 0 Å². The van der Waals surface area contributed by atoms with Crippen LogP contribution in [0.25, 0.3) is 0 Å². The van der Waals surface area contributed by atoms with Gasteiger partial charge in [0.1, 0.15) is 0 Å². The summed E-state index contributed by atoms with van der Waals surface area (Å²) >= 11 is 0. The van der Waals surface area contributed by atoms with Crippen molar-refractivity contribution in [2.45, 2.75) is 69.9 Å². The van der Waals surface area contributed by atoms with E-state index in [4.69, 9.17) is 4.55 Å². The third kappa shape index (κ3) is 4.21. The Kier molecular flexibility index (Phi) is 5.04. The predicted molar refractivity (Wildman–Crippen MR) is 72.3 cm³/mol. The number of hydrogen-bond donors (Lipinski definition) is 1. The van der Waals surface area contributed by atoms with E-state index in [0.29, 0.717) is 18.6 Å². The zero-order chi connectivity index (χ0) is 13.0. The highest BCUT2D eigenvalue weighted by atomic mass is 32.2. The van der Waals surface area contributed by atoms with Gasteiger partial charge in [-0.25, -0.2) is 0 Å². The molecule has 2 aliphatic carbocycles. The van der Waals surface area contributed by atoms with Gasteiger partial charge in [0, 0.05) is 18.6 Å². The van der Waals surface area contributed by atoms with Gasteiger partial charge >= 0.3 is 0 Å². The second kappa shape index (κ2) is 6.35. The Hall–Kier alpha value is -0.130. The van der Waals surface area contributed by atoms with Crippen molar-refractivity contribution < 1.29 is 13.0 Å². The van der Waals surface area contributed by atoms with Crippen LogP contribution in [-0.2, 0) is 10.1 Å². The lowest BCUT2D eigenvalue weighted by Gasteiger charge is -2.38. The van der Waals surface area contributed by atoms with Crippen LogP contribution in [0.1, 0.15) is 57.8 Å². The molecule has 0 amide bonds. The maximum Gasteiger partial charge on any atom is 0.266 e. The Labute approximate surface area is 110 Å². The molecule has 0 heterocycles. The van der Waals surface area contributed by atoms with Crippen LogP contribution in [0, 0.1) is 0 Å². The van der Waals surface area contributed by atoms with Gasteiger partial charge in [-0.05, 0) is 25.7 Å². The monoisotopic (exact) mass is 275 g/mol. The van der Waals surface area contributed by atoms with E-state index in [-0.39, 0.29) is 5.75 Å². The van der Waals surface area contributed by atoms with Crippen LogP contribution in [0.3, 0.4) is 0 Å². The molecule has 2 saturated carbocycles. The van der Waals surface area contributed by atoms with Crippen molar-refractivity contribution in [1.29, 1.82) is 0 Å². The van der Waals surface area contributed by atoms with Crippen molar-refractivity contribution >= 4 is 10.1 Å². The van der Waals surface area contributed by atoms with Gasteiger partial charge in [0.15, 0.2) is 0 Å². The highest BCUT2D eigenvalue weighted by molar-refractivity contribution is 7.85. The Morgan fingerprint density at radius 3 is 1.78 bits per heavy atom. The summed E-state index contributed by atoms with van der Waals surface area (Å²) in [4.78, 5) is 2.39. The highest BCUT2D eigenvalue weighted by Gasteiger charge is 2.30. The van der Waals surface area contributed by atoms with E-state index < -0.39 is 10.1 Å². The normalized spacial score (nSPS) is 23.9. The van der Waals surface area contributed by atoms with Gasteiger partial charge in [-0.2, -0.15) is 8.42 Å². The van der Waals surface area contributed by atoms with Crippen LogP contribution in [0.2, 0.25) is 0 Å². The molecular weight excluding hydrogens is 250 g/mol. The van der Waals surface area contributed by atoms with Crippen molar-refractivity contribution in [1.82, 2.24) is 4.90 Å². The lowest BCUT2D eigenvalue weighted by Crippen LogP contribution is -2.45. The Balaban J connectivity index is 1.96. The minimum absolute atomic E-state index is 0.111. The number of nitrogens with zero attached hydrogens (tertiary/aromatic N) is 1. The van der Waals surface area contributed by atoms with Gasteiger partial charge in [0.2, 0.25) is 0 Å². The third-order valence-corrected chi connectivity index (χ3v) is 5.14. The van der Waals surface area contributed by atoms with Crippen LogP contribution in [0.4, 0.5) is 0 Å². The molecule has 2 aliphatic rings. The fourth-order valence-corrected chi connectivity index (χ4v) is 3.97. The van der Waals surface area contributed by atoms with Gasteiger partial charge < -0.3 is 0 Å². The SMILES string of the molecule is O=S(=O)(O)CCN(C1CCCCC1)C1CCCC1. The first-order valence-corrected chi connectivity index (χ1v) is 8.88. The largest absolute Gasteiger partial charge is 0.296 e. The molecule has 2 rings (SSSR count). The van der Waals surface area contributed by atoms with E-state index >= 15 is 0 Å². The zero-order valence-corrected chi connectivity index (χ0v) is 11.9. The molecule has 0 aromatic heterocycles. The highest BCUT2D eigenvalue weighted by Crippen LogP contribution is 2.30. The predicted octanol–water partition coefficient (Wildman–Crippen LogP) is 2.45. The fraction of sp³-hybridized carbons (Fsp3) is 1.00. The number of rotatable bonds is 5. The maximum atomic E-state index is 11.0. The van der Waals surface area contributed by atoms with Crippen LogP contribution < -0.4 is 0 Å². The van der Waals surface area contributed by atoms with Gasteiger partial charge in [-0.3, -0.25) is 9.45 Å². The minimum Gasteiger partial charge on any atom is -0.296 e. The summed E-state index contributed by atoms with van der Waals surface area (Å²) in [7, 11) is -3.83. The molecule has 1 N–H and O–H groups in total. The molecule has 0 aromatic carbocycles. The van der Waals surface area contributed by atoms with E-state index in [1.54, 1.807) is 0 Å². The van der Waals surface area contributed by atoms with E-state index in [0.717, 1.165) is 0 Å². The standard InChI is InChI=1S/C13H25NO3S/c15-18(16,17)11-10-14(13-8-4-5-9-13)12-6-2-1-3-7-12/h12-13H,1-11H2,(H,15,16,17). The summed E-state index contributed by atoms with van der Waals surface area (Å²) in [5, 5.41) is 0. The molecule has 0 unspecified atom stereocenters. The summed E-state index contributed by atoms with van der Waals surface area (Å²) in [6, 6.07) is 1.10. The first-order chi connectivity index (χ1) is 8.56. The molecule has 0 spiro atoms. The van der Waals surface area contributed by atoms with Crippen molar-refractivity contribution in [2.75, 3.05) is 12.3 Å². The first-order valence-electron chi connectivity index (χ1n) is 7.27. The summed E-state index contributed by atoms with van der Waals surface area (Å²) < 4.78 is 30.9. The van der Waals surface area contributed by atoms with Crippen molar-refractivity contribution in [3.63, 3.8) is 0 Å². The van der Waals surface area contributed by atoms with Crippen LogP contribution in [-0.4, -0.2) is 42.3 Å². The van der Waals surface area contributed by atoms with Crippen molar-refractivity contribution in [3.8, 4) is 0 Å². The topological polar surface area (TPSA) is 57.6 Å². The van der Waals surface area contributed by atoms with E-state index in [1.807, 2.05) is 0 Å². The Bertz CT molecular complexity index is 343. The average molecular weight is 275 g/mol. The molecular formula is C13H25NO3S. The second-order valence-electron chi connectivity index (χ2n) is 5.75. The second-order valence-corrected chi connectivity index (χ2v) is 7.33. The van der Waals surface area contributed by atoms with E-state index in [1.165, 1.54) is 57.8 Å². The molecule has 5 heteroatoms. The Morgan fingerprint density at radius 1 is 0.889 bits per heavy atom. The minimum atomic E-state index is -3.83. The fourth-order valence-electron chi connectivity index (χ4n) is 3.53.